The first-order valence-electron chi connectivity index (χ1n) is 4.51. The number of nitrogens with zero attached hydrogens (tertiary/aromatic N) is 1. The van der Waals surface area contributed by atoms with Crippen molar-refractivity contribution in [3.63, 3.8) is 0 Å². The average Bonchev–Trinajstić information content (AvgIpc) is 2.15. The van der Waals surface area contributed by atoms with Crippen LogP contribution in [0, 0.1) is 5.82 Å². The lowest BCUT2D eigenvalue weighted by atomic mass is 10.1. The molecule has 0 N–H and O–H groups in total. The number of halogens is 1. The minimum atomic E-state index is -3.22. The van der Waals surface area contributed by atoms with E-state index in [-0.39, 0.29) is 11.9 Å². The Bertz CT molecular complexity index is 427. The van der Waals surface area contributed by atoms with E-state index in [0.29, 0.717) is 0 Å². The number of rotatable bonds is 3. The fourth-order valence-electron chi connectivity index (χ4n) is 1.24. The molecule has 1 rings (SSSR count). The van der Waals surface area contributed by atoms with Gasteiger partial charge in [-0.2, -0.15) is 4.31 Å². The monoisotopic (exact) mass is 231 g/mol. The topological polar surface area (TPSA) is 37.4 Å². The van der Waals surface area contributed by atoms with E-state index in [4.69, 9.17) is 0 Å². The van der Waals surface area contributed by atoms with Crippen molar-refractivity contribution in [3.8, 4) is 0 Å². The Kier molecular flexibility index (Phi) is 3.46. The second kappa shape index (κ2) is 4.28. The third-order valence-corrected chi connectivity index (χ3v) is 3.78. The maximum Gasteiger partial charge on any atom is 0.211 e. The van der Waals surface area contributed by atoms with Crippen LogP contribution < -0.4 is 0 Å². The molecule has 0 fully saturated rings. The van der Waals surface area contributed by atoms with Crippen LogP contribution in [0.4, 0.5) is 4.39 Å². The minimum Gasteiger partial charge on any atom is -0.212 e. The van der Waals surface area contributed by atoms with Gasteiger partial charge in [0.2, 0.25) is 10.0 Å². The molecule has 0 aromatic heterocycles. The van der Waals surface area contributed by atoms with E-state index < -0.39 is 10.0 Å². The predicted molar refractivity (Wildman–Crippen MR) is 57.4 cm³/mol. The molecule has 1 atom stereocenters. The lowest BCUT2D eigenvalue weighted by Gasteiger charge is -2.22. The van der Waals surface area contributed by atoms with Crippen LogP contribution in [0.1, 0.15) is 18.5 Å². The fourth-order valence-corrected chi connectivity index (χ4v) is 1.93. The van der Waals surface area contributed by atoms with E-state index in [0.717, 1.165) is 11.8 Å². The van der Waals surface area contributed by atoms with Crippen LogP contribution in [0.25, 0.3) is 0 Å². The molecule has 1 unspecified atom stereocenters. The first-order valence-corrected chi connectivity index (χ1v) is 6.35. The van der Waals surface area contributed by atoms with Crippen LogP contribution in [0.3, 0.4) is 0 Å². The van der Waals surface area contributed by atoms with Crippen molar-refractivity contribution < 1.29 is 12.8 Å². The van der Waals surface area contributed by atoms with Gasteiger partial charge in [0.15, 0.2) is 0 Å². The summed E-state index contributed by atoms with van der Waals surface area (Å²) in [5, 5.41) is 0. The SMILES string of the molecule is CC(c1ccc(F)cc1)N(C)S(C)(=O)=O. The van der Waals surface area contributed by atoms with Crippen molar-refractivity contribution in [3.05, 3.63) is 35.6 Å². The van der Waals surface area contributed by atoms with E-state index >= 15 is 0 Å². The summed E-state index contributed by atoms with van der Waals surface area (Å²) >= 11 is 0. The van der Waals surface area contributed by atoms with Gasteiger partial charge in [-0.1, -0.05) is 12.1 Å². The van der Waals surface area contributed by atoms with Gasteiger partial charge in [0.25, 0.3) is 0 Å². The van der Waals surface area contributed by atoms with E-state index in [2.05, 4.69) is 0 Å². The zero-order chi connectivity index (χ0) is 11.6. The molecule has 0 saturated carbocycles. The summed E-state index contributed by atoms with van der Waals surface area (Å²) in [6, 6.07) is 5.52. The maximum absolute atomic E-state index is 12.7. The highest BCUT2D eigenvalue weighted by atomic mass is 32.2. The van der Waals surface area contributed by atoms with Crippen LogP contribution in [0.2, 0.25) is 0 Å². The number of sulfonamides is 1. The zero-order valence-corrected chi connectivity index (χ0v) is 9.75. The highest BCUT2D eigenvalue weighted by molar-refractivity contribution is 7.88. The van der Waals surface area contributed by atoms with Crippen LogP contribution >= 0.6 is 0 Å². The van der Waals surface area contributed by atoms with Gasteiger partial charge in [-0.15, -0.1) is 0 Å². The van der Waals surface area contributed by atoms with Gasteiger partial charge in [-0.25, -0.2) is 12.8 Å². The van der Waals surface area contributed by atoms with Gasteiger partial charge in [-0.3, -0.25) is 0 Å². The Balaban J connectivity index is 2.95. The van der Waals surface area contributed by atoms with E-state index in [1.807, 2.05) is 0 Å². The number of benzene rings is 1. The highest BCUT2D eigenvalue weighted by Crippen LogP contribution is 2.20. The quantitative estimate of drug-likeness (QED) is 0.795. The summed E-state index contributed by atoms with van der Waals surface area (Å²) in [7, 11) is -1.72. The first-order chi connectivity index (χ1) is 6.82. The highest BCUT2D eigenvalue weighted by Gasteiger charge is 2.19. The standard InChI is InChI=1S/C10H14FNO2S/c1-8(12(2)15(3,13)14)9-4-6-10(11)7-5-9/h4-8H,1-3H3. The van der Waals surface area contributed by atoms with Gasteiger partial charge >= 0.3 is 0 Å². The van der Waals surface area contributed by atoms with Crippen molar-refractivity contribution in [2.45, 2.75) is 13.0 Å². The molecular weight excluding hydrogens is 217 g/mol. The van der Waals surface area contributed by atoms with E-state index in [9.17, 15) is 12.8 Å². The van der Waals surface area contributed by atoms with Crippen molar-refractivity contribution in [1.29, 1.82) is 0 Å². The van der Waals surface area contributed by atoms with Crippen molar-refractivity contribution >= 4 is 10.0 Å². The number of hydrogen-bond acceptors (Lipinski definition) is 2. The van der Waals surface area contributed by atoms with Gasteiger partial charge < -0.3 is 0 Å². The Hall–Kier alpha value is -0.940. The molecular formula is C10H14FNO2S. The second-order valence-electron chi connectivity index (χ2n) is 3.51. The largest absolute Gasteiger partial charge is 0.212 e. The molecule has 15 heavy (non-hydrogen) atoms. The maximum atomic E-state index is 12.7. The molecule has 5 heteroatoms. The summed E-state index contributed by atoms with van der Waals surface area (Å²) in [6.07, 6.45) is 1.15. The third-order valence-electron chi connectivity index (χ3n) is 2.42. The van der Waals surface area contributed by atoms with Crippen LogP contribution in [-0.2, 0) is 10.0 Å². The molecule has 0 bridgehead atoms. The summed E-state index contributed by atoms with van der Waals surface area (Å²) in [4.78, 5) is 0. The molecule has 1 aromatic carbocycles. The molecule has 0 aliphatic heterocycles. The Morgan fingerprint density at radius 1 is 1.27 bits per heavy atom. The molecule has 0 saturated heterocycles. The Morgan fingerprint density at radius 3 is 2.13 bits per heavy atom. The second-order valence-corrected chi connectivity index (χ2v) is 5.55. The lowest BCUT2D eigenvalue weighted by molar-refractivity contribution is 0.402. The van der Waals surface area contributed by atoms with Gasteiger partial charge in [-0.05, 0) is 24.6 Å². The van der Waals surface area contributed by atoms with Crippen LogP contribution in [0.5, 0.6) is 0 Å². The Labute approximate surface area is 89.6 Å². The van der Waals surface area contributed by atoms with Crippen molar-refractivity contribution in [1.82, 2.24) is 4.31 Å². The normalized spacial score (nSPS) is 14.2. The van der Waals surface area contributed by atoms with Crippen molar-refractivity contribution in [2.24, 2.45) is 0 Å². The van der Waals surface area contributed by atoms with Gasteiger partial charge in [0.1, 0.15) is 5.82 Å². The predicted octanol–water partition coefficient (Wildman–Crippen LogP) is 1.78. The molecule has 0 heterocycles. The molecule has 3 nitrogen and oxygen atoms in total. The van der Waals surface area contributed by atoms with E-state index in [1.54, 1.807) is 19.1 Å². The molecule has 1 aromatic rings. The van der Waals surface area contributed by atoms with Crippen LogP contribution in [-0.4, -0.2) is 26.0 Å². The summed E-state index contributed by atoms with van der Waals surface area (Å²) in [6.45, 7) is 1.76. The third kappa shape index (κ3) is 3.00. The lowest BCUT2D eigenvalue weighted by Crippen LogP contribution is -2.28. The molecule has 0 amide bonds. The minimum absolute atomic E-state index is 0.291. The molecule has 84 valence electrons. The van der Waals surface area contributed by atoms with E-state index in [1.165, 1.54) is 23.5 Å². The fraction of sp³-hybridized carbons (Fsp3) is 0.400. The molecule has 0 aliphatic carbocycles. The van der Waals surface area contributed by atoms with Crippen molar-refractivity contribution in [2.75, 3.05) is 13.3 Å². The smallest absolute Gasteiger partial charge is 0.211 e. The van der Waals surface area contributed by atoms with Gasteiger partial charge in [0, 0.05) is 13.1 Å². The average molecular weight is 231 g/mol. The Morgan fingerprint density at radius 2 is 1.73 bits per heavy atom. The van der Waals surface area contributed by atoms with Gasteiger partial charge in [0.05, 0.1) is 6.26 Å². The molecule has 0 spiro atoms. The van der Waals surface area contributed by atoms with Crippen LogP contribution in [0.15, 0.2) is 24.3 Å². The molecule has 0 aliphatic rings. The molecule has 0 radical (unpaired) electrons. The summed E-state index contributed by atoms with van der Waals surface area (Å²) < 4.78 is 36.4. The first kappa shape index (κ1) is 12.1. The summed E-state index contributed by atoms with van der Waals surface area (Å²) in [5.41, 5.74) is 0.768. The summed E-state index contributed by atoms with van der Waals surface area (Å²) in [5.74, 6) is -0.326. The zero-order valence-electron chi connectivity index (χ0n) is 8.94. The number of hydrogen-bond donors (Lipinski definition) is 0.